The molecule has 0 aromatic carbocycles. The molecular formula is C12H21N3O3. The predicted molar refractivity (Wildman–Crippen MR) is 66.1 cm³/mol. The maximum Gasteiger partial charge on any atom is 0.315 e. The van der Waals surface area contributed by atoms with Gasteiger partial charge in [-0.15, -0.1) is 0 Å². The van der Waals surface area contributed by atoms with Crippen molar-refractivity contribution in [1.29, 1.82) is 0 Å². The van der Waals surface area contributed by atoms with E-state index in [9.17, 15) is 9.59 Å². The number of nitrogens with zero attached hydrogens (tertiary/aromatic N) is 1. The second kappa shape index (κ2) is 4.76. The Labute approximate surface area is 107 Å². The van der Waals surface area contributed by atoms with Crippen molar-refractivity contribution in [2.75, 3.05) is 20.2 Å². The molecule has 2 fully saturated rings. The molecule has 0 saturated carbocycles. The predicted octanol–water partition coefficient (Wildman–Crippen LogP) is 0.0838. The first kappa shape index (κ1) is 13.1. The molecule has 0 radical (unpaired) electrons. The fourth-order valence-electron chi connectivity index (χ4n) is 2.48. The second-order valence-electron chi connectivity index (χ2n) is 5.59. The highest BCUT2D eigenvalue weighted by molar-refractivity contribution is 5.81. The van der Waals surface area contributed by atoms with Gasteiger partial charge in [-0.3, -0.25) is 4.79 Å². The van der Waals surface area contributed by atoms with Crippen LogP contribution in [0.5, 0.6) is 0 Å². The van der Waals surface area contributed by atoms with Crippen LogP contribution in [0.15, 0.2) is 0 Å². The minimum Gasteiger partial charge on any atom is -0.373 e. The van der Waals surface area contributed by atoms with Crippen molar-refractivity contribution < 1.29 is 14.3 Å². The SMILES string of the molecule is CN1C[C@@H](NC(=O)NC2CCOC2(C)C)CC1=O. The van der Waals surface area contributed by atoms with Gasteiger partial charge in [-0.25, -0.2) is 4.79 Å². The summed E-state index contributed by atoms with van der Waals surface area (Å²) in [5.74, 6) is 0.0739. The van der Waals surface area contributed by atoms with Crippen molar-refractivity contribution in [2.24, 2.45) is 0 Å². The molecule has 2 saturated heterocycles. The second-order valence-corrected chi connectivity index (χ2v) is 5.59. The Kier molecular flexibility index (Phi) is 3.47. The quantitative estimate of drug-likeness (QED) is 0.734. The molecule has 0 aromatic rings. The molecule has 0 aromatic heterocycles. The molecule has 2 aliphatic rings. The lowest BCUT2D eigenvalue weighted by Crippen LogP contribution is -2.52. The number of carbonyl (C=O) groups is 2. The van der Waals surface area contributed by atoms with Gasteiger partial charge in [-0.05, 0) is 20.3 Å². The van der Waals surface area contributed by atoms with Crippen LogP contribution in [0.25, 0.3) is 0 Å². The molecule has 0 aliphatic carbocycles. The van der Waals surface area contributed by atoms with E-state index in [-0.39, 0.29) is 29.6 Å². The molecule has 18 heavy (non-hydrogen) atoms. The fraction of sp³-hybridized carbons (Fsp3) is 0.833. The van der Waals surface area contributed by atoms with Crippen LogP contribution in [-0.4, -0.2) is 54.7 Å². The van der Waals surface area contributed by atoms with Crippen LogP contribution in [0.1, 0.15) is 26.7 Å². The smallest absolute Gasteiger partial charge is 0.315 e. The molecule has 2 rings (SSSR count). The van der Waals surface area contributed by atoms with Crippen molar-refractivity contribution in [3.05, 3.63) is 0 Å². The number of nitrogens with one attached hydrogen (secondary N) is 2. The number of hydrogen-bond donors (Lipinski definition) is 2. The molecule has 6 heteroatoms. The van der Waals surface area contributed by atoms with Crippen LogP contribution in [0, 0.1) is 0 Å². The maximum atomic E-state index is 11.8. The van der Waals surface area contributed by atoms with E-state index in [1.807, 2.05) is 13.8 Å². The number of carbonyl (C=O) groups excluding carboxylic acids is 2. The number of urea groups is 1. The highest BCUT2D eigenvalue weighted by Crippen LogP contribution is 2.24. The zero-order valence-electron chi connectivity index (χ0n) is 11.2. The summed E-state index contributed by atoms with van der Waals surface area (Å²) in [6.45, 7) is 5.19. The van der Waals surface area contributed by atoms with Gasteiger partial charge in [0, 0.05) is 26.6 Å². The third-order valence-corrected chi connectivity index (χ3v) is 3.70. The summed E-state index contributed by atoms with van der Waals surface area (Å²) in [4.78, 5) is 24.8. The Morgan fingerprint density at radius 2 is 2.17 bits per heavy atom. The van der Waals surface area contributed by atoms with Gasteiger partial charge in [0.25, 0.3) is 0 Å². The lowest BCUT2D eigenvalue weighted by atomic mass is 9.99. The van der Waals surface area contributed by atoms with Gasteiger partial charge < -0.3 is 20.3 Å². The first-order chi connectivity index (χ1) is 8.38. The Morgan fingerprint density at radius 1 is 1.44 bits per heavy atom. The average Bonchev–Trinajstić information content (AvgIpc) is 2.72. The zero-order chi connectivity index (χ0) is 13.3. The lowest BCUT2D eigenvalue weighted by Gasteiger charge is -2.27. The highest BCUT2D eigenvalue weighted by Gasteiger charge is 2.37. The largest absolute Gasteiger partial charge is 0.373 e. The average molecular weight is 255 g/mol. The molecule has 1 unspecified atom stereocenters. The van der Waals surface area contributed by atoms with Crippen LogP contribution in [0.4, 0.5) is 4.79 Å². The molecule has 2 heterocycles. The van der Waals surface area contributed by atoms with E-state index in [0.29, 0.717) is 19.6 Å². The Bertz CT molecular complexity index is 356. The molecule has 102 valence electrons. The first-order valence-corrected chi connectivity index (χ1v) is 6.33. The van der Waals surface area contributed by atoms with E-state index in [2.05, 4.69) is 10.6 Å². The van der Waals surface area contributed by atoms with Crippen LogP contribution in [0.2, 0.25) is 0 Å². The zero-order valence-corrected chi connectivity index (χ0v) is 11.2. The van der Waals surface area contributed by atoms with Gasteiger partial charge in [-0.1, -0.05) is 0 Å². The summed E-state index contributed by atoms with van der Waals surface area (Å²) in [5.41, 5.74) is -0.320. The standard InChI is InChI=1S/C12H21N3O3/c1-12(2)9(4-5-18-12)14-11(17)13-8-6-10(16)15(3)7-8/h8-9H,4-7H2,1-3H3,(H2,13,14,17)/t8-,9?/m0/s1. The molecular weight excluding hydrogens is 234 g/mol. The van der Waals surface area contributed by atoms with E-state index in [4.69, 9.17) is 4.74 Å². The van der Waals surface area contributed by atoms with Gasteiger partial charge in [0.2, 0.25) is 5.91 Å². The highest BCUT2D eigenvalue weighted by atomic mass is 16.5. The molecule has 6 nitrogen and oxygen atoms in total. The van der Waals surface area contributed by atoms with Gasteiger partial charge in [0.15, 0.2) is 0 Å². The van der Waals surface area contributed by atoms with Gasteiger partial charge in [0.1, 0.15) is 0 Å². The van der Waals surface area contributed by atoms with Crippen LogP contribution >= 0.6 is 0 Å². The number of likely N-dealkylation sites (tertiary alicyclic amines) is 1. The van der Waals surface area contributed by atoms with Crippen molar-refractivity contribution in [3.63, 3.8) is 0 Å². The molecule has 2 N–H and O–H groups in total. The lowest BCUT2D eigenvalue weighted by molar-refractivity contribution is -0.126. The van der Waals surface area contributed by atoms with Crippen molar-refractivity contribution in [1.82, 2.24) is 15.5 Å². The summed E-state index contributed by atoms with van der Waals surface area (Å²) >= 11 is 0. The van der Waals surface area contributed by atoms with Gasteiger partial charge >= 0.3 is 6.03 Å². The fourth-order valence-corrected chi connectivity index (χ4v) is 2.48. The first-order valence-electron chi connectivity index (χ1n) is 6.33. The van der Waals surface area contributed by atoms with E-state index in [1.165, 1.54) is 0 Å². The summed E-state index contributed by atoms with van der Waals surface area (Å²) in [5, 5.41) is 5.76. The Hall–Kier alpha value is -1.30. The van der Waals surface area contributed by atoms with Crippen molar-refractivity contribution >= 4 is 11.9 Å². The van der Waals surface area contributed by atoms with E-state index in [1.54, 1.807) is 11.9 Å². The van der Waals surface area contributed by atoms with Crippen molar-refractivity contribution in [3.8, 4) is 0 Å². The number of hydrogen-bond acceptors (Lipinski definition) is 3. The number of likely N-dealkylation sites (N-methyl/N-ethyl adjacent to an activating group) is 1. The summed E-state index contributed by atoms with van der Waals surface area (Å²) in [6, 6.07) is -0.285. The minimum absolute atomic E-state index is 0.0207. The number of amides is 3. The van der Waals surface area contributed by atoms with Crippen LogP contribution < -0.4 is 10.6 Å². The van der Waals surface area contributed by atoms with Gasteiger partial charge in [-0.2, -0.15) is 0 Å². The molecule has 2 aliphatic heterocycles. The minimum atomic E-state index is -0.320. The molecule has 0 spiro atoms. The molecule has 0 bridgehead atoms. The van der Waals surface area contributed by atoms with Crippen molar-refractivity contribution in [2.45, 2.75) is 44.4 Å². The van der Waals surface area contributed by atoms with Gasteiger partial charge in [0.05, 0.1) is 17.7 Å². The molecule has 2 atom stereocenters. The maximum absolute atomic E-state index is 11.8. The van der Waals surface area contributed by atoms with Crippen LogP contribution in [0.3, 0.4) is 0 Å². The normalized spacial score (nSPS) is 30.6. The Balaban J connectivity index is 1.81. The van der Waals surface area contributed by atoms with E-state index in [0.717, 1.165) is 6.42 Å². The molecule has 3 amide bonds. The topological polar surface area (TPSA) is 70.7 Å². The van der Waals surface area contributed by atoms with E-state index >= 15 is 0 Å². The van der Waals surface area contributed by atoms with E-state index < -0.39 is 0 Å². The third kappa shape index (κ3) is 2.75. The monoisotopic (exact) mass is 255 g/mol. The third-order valence-electron chi connectivity index (χ3n) is 3.70. The summed E-state index contributed by atoms with van der Waals surface area (Å²) in [6.07, 6.45) is 1.21. The van der Waals surface area contributed by atoms with Crippen LogP contribution in [-0.2, 0) is 9.53 Å². The Morgan fingerprint density at radius 3 is 2.67 bits per heavy atom. The summed E-state index contributed by atoms with van der Waals surface area (Å²) < 4.78 is 5.55. The number of rotatable bonds is 2. The number of ether oxygens (including phenoxy) is 1. The summed E-state index contributed by atoms with van der Waals surface area (Å²) in [7, 11) is 1.75.